The van der Waals surface area contributed by atoms with E-state index in [0.29, 0.717) is 23.6 Å². The minimum Gasteiger partial charge on any atom is -0.326 e. The molecule has 0 aromatic carbocycles. The first-order valence-corrected chi connectivity index (χ1v) is 9.97. The van der Waals surface area contributed by atoms with Gasteiger partial charge < -0.3 is 5.73 Å². The summed E-state index contributed by atoms with van der Waals surface area (Å²) < 4.78 is 45.9. The lowest BCUT2D eigenvalue weighted by Crippen LogP contribution is -2.08. The van der Waals surface area contributed by atoms with Crippen LogP contribution in [0.1, 0.15) is 17.7 Å². The predicted molar refractivity (Wildman–Crippen MR) is 73.2 cm³/mol. The maximum atomic E-state index is 11.9. The normalized spacial score (nSPS) is 12.8. The molecule has 0 aliphatic rings. The summed E-state index contributed by atoms with van der Waals surface area (Å²) in [5.41, 5.74) is 5.42. The van der Waals surface area contributed by atoms with Gasteiger partial charge in [-0.1, -0.05) is 0 Å². The summed E-state index contributed by atoms with van der Waals surface area (Å²) in [6.07, 6.45) is 1.87. The fraction of sp³-hybridized carbons (Fsp3) is 0.600. The van der Waals surface area contributed by atoms with Crippen LogP contribution in [0.15, 0.2) is 16.3 Å². The molecule has 0 radical (unpaired) electrons. The first kappa shape index (κ1) is 15.6. The summed E-state index contributed by atoms with van der Waals surface area (Å²) in [5, 5.41) is 0. The number of hydrogen-bond donors (Lipinski definition) is 1. The zero-order valence-electron chi connectivity index (χ0n) is 10.1. The third kappa shape index (κ3) is 5.05. The zero-order valence-corrected chi connectivity index (χ0v) is 12.6. The van der Waals surface area contributed by atoms with E-state index in [1.54, 1.807) is 12.1 Å². The first-order valence-electron chi connectivity index (χ1n) is 5.44. The van der Waals surface area contributed by atoms with Crippen molar-refractivity contribution in [2.45, 2.75) is 23.6 Å². The standard InChI is InChI=1S/C10H17NO4S3/c1-17(12,13)6-2-3-7-18(14,15)10-5-4-9(8-11)16-10/h4-5H,2-3,6-8,11H2,1H3. The SMILES string of the molecule is CS(=O)(=O)CCCCS(=O)(=O)c1ccc(CN)s1. The van der Waals surface area contributed by atoms with E-state index < -0.39 is 19.7 Å². The highest BCUT2D eigenvalue weighted by atomic mass is 32.2. The largest absolute Gasteiger partial charge is 0.326 e. The molecule has 2 N–H and O–H groups in total. The van der Waals surface area contributed by atoms with Gasteiger partial charge in [-0.15, -0.1) is 11.3 Å². The lowest BCUT2D eigenvalue weighted by atomic mass is 10.4. The topological polar surface area (TPSA) is 94.3 Å². The fourth-order valence-corrected chi connectivity index (χ4v) is 4.87. The molecule has 0 saturated heterocycles. The average molecular weight is 311 g/mol. The van der Waals surface area contributed by atoms with Crippen LogP contribution >= 0.6 is 11.3 Å². The predicted octanol–water partition coefficient (Wildman–Crippen LogP) is 0.805. The van der Waals surface area contributed by atoms with Gasteiger partial charge in [-0.2, -0.15) is 0 Å². The monoisotopic (exact) mass is 311 g/mol. The molecule has 0 saturated carbocycles. The van der Waals surface area contributed by atoms with Crippen LogP contribution in [0, 0.1) is 0 Å². The number of nitrogens with two attached hydrogens (primary N) is 1. The van der Waals surface area contributed by atoms with Crippen molar-refractivity contribution in [1.29, 1.82) is 0 Å². The molecule has 0 amide bonds. The average Bonchev–Trinajstić information content (AvgIpc) is 2.72. The molecule has 1 aromatic heterocycles. The Labute approximate surface area is 112 Å². The molecule has 1 rings (SSSR count). The number of hydrogen-bond acceptors (Lipinski definition) is 6. The van der Waals surface area contributed by atoms with E-state index in [-0.39, 0.29) is 11.5 Å². The molecule has 0 aliphatic carbocycles. The van der Waals surface area contributed by atoms with Crippen molar-refractivity contribution in [2.75, 3.05) is 17.8 Å². The van der Waals surface area contributed by atoms with E-state index >= 15 is 0 Å². The summed E-state index contributed by atoms with van der Waals surface area (Å²) in [4.78, 5) is 0.824. The van der Waals surface area contributed by atoms with Gasteiger partial charge in [0.2, 0.25) is 0 Å². The number of unbranched alkanes of at least 4 members (excludes halogenated alkanes) is 1. The lowest BCUT2D eigenvalue weighted by Gasteiger charge is -2.01. The van der Waals surface area contributed by atoms with Gasteiger partial charge in [-0.05, 0) is 25.0 Å². The van der Waals surface area contributed by atoms with Crippen molar-refractivity contribution in [2.24, 2.45) is 5.73 Å². The van der Waals surface area contributed by atoms with Crippen LogP contribution in [0.5, 0.6) is 0 Å². The quantitative estimate of drug-likeness (QED) is 0.752. The van der Waals surface area contributed by atoms with Crippen LogP contribution < -0.4 is 5.73 Å². The summed E-state index contributed by atoms with van der Waals surface area (Å²) >= 11 is 1.17. The van der Waals surface area contributed by atoms with E-state index in [0.717, 1.165) is 11.1 Å². The van der Waals surface area contributed by atoms with Gasteiger partial charge in [0.25, 0.3) is 0 Å². The highest BCUT2D eigenvalue weighted by Crippen LogP contribution is 2.23. The van der Waals surface area contributed by atoms with E-state index in [4.69, 9.17) is 5.73 Å². The molecule has 1 aromatic rings. The van der Waals surface area contributed by atoms with E-state index in [2.05, 4.69) is 0 Å². The van der Waals surface area contributed by atoms with Gasteiger partial charge in [-0.25, -0.2) is 16.8 Å². The van der Waals surface area contributed by atoms with Crippen molar-refractivity contribution >= 4 is 31.0 Å². The van der Waals surface area contributed by atoms with Crippen LogP contribution in [-0.2, 0) is 26.2 Å². The molecule has 0 unspecified atom stereocenters. The number of rotatable bonds is 7. The third-order valence-corrected chi connectivity index (χ3v) is 6.84. The summed E-state index contributed by atoms with van der Waals surface area (Å²) in [5.74, 6) is 0.00799. The Hall–Kier alpha value is -0.440. The Morgan fingerprint density at radius 1 is 1.11 bits per heavy atom. The zero-order chi connectivity index (χ0) is 13.8. The van der Waals surface area contributed by atoms with Gasteiger partial charge >= 0.3 is 0 Å². The molecule has 0 atom stereocenters. The molecule has 1 heterocycles. The fourth-order valence-electron chi connectivity index (χ4n) is 1.39. The summed E-state index contributed by atoms with van der Waals surface area (Å²) in [6.45, 7) is 0.328. The van der Waals surface area contributed by atoms with Crippen molar-refractivity contribution in [3.63, 3.8) is 0 Å². The van der Waals surface area contributed by atoms with E-state index in [1.807, 2.05) is 0 Å². The Morgan fingerprint density at radius 2 is 1.72 bits per heavy atom. The third-order valence-electron chi connectivity index (χ3n) is 2.32. The van der Waals surface area contributed by atoms with Crippen molar-refractivity contribution in [3.05, 3.63) is 17.0 Å². The second-order valence-electron chi connectivity index (χ2n) is 4.08. The summed E-state index contributed by atoms with van der Waals surface area (Å²) in [7, 11) is -6.31. The van der Waals surface area contributed by atoms with Crippen molar-refractivity contribution in [3.8, 4) is 0 Å². The van der Waals surface area contributed by atoms with Gasteiger partial charge in [0.1, 0.15) is 14.0 Å². The Balaban J connectivity index is 2.55. The smallest absolute Gasteiger partial charge is 0.187 e. The molecular formula is C10H17NO4S3. The first-order chi connectivity index (χ1) is 8.24. The molecule has 5 nitrogen and oxygen atoms in total. The maximum Gasteiger partial charge on any atom is 0.187 e. The molecular weight excluding hydrogens is 294 g/mol. The minimum atomic E-state index is -3.30. The Bertz CT molecular complexity index is 586. The van der Waals surface area contributed by atoms with Crippen LogP contribution in [0.2, 0.25) is 0 Å². The minimum absolute atomic E-state index is 0.0208. The molecule has 8 heteroatoms. The van der Waals surface area contributed by atoms with Gasteiger partial charge in [0.05, 0.1) is 5.75 Å². The van der Waals surface area contributed by atoms with Crippen LogP contribution in [0.25, 0.3) is 0 Å². The number of sulfone groups is 2. The van der Waals surface area contributed by atoms with Gasteiger partial charge in [0, 0.05) is 23.4 Å². The highest BCUT2D eigenvalue weighted by Gasteiger charge is 2.16. The highest BCUT2D eigenvalue weighted by molar-refractivity contribution is 7.93. The summed E-state index contributed by atoms with van der Waals surface area (Å²) in [6, 6.07) is 3.26. The van der Waals surface area contributed by atoms with E-state index in [9.17, 15) is 16.8 Å². The Kier molecular flexibility index (Phi) is 5.32. The second kappa shape index (κ2) is 6.14. The lowest BCUT2D eigenvalue weighted by molar-refractivity contribution is 0.589. The van der Waals surface area contributed by atoms with Crippen LogP contribution in [-0.4, -0.2) is 34.6 Å². The Morgan fingerprint density at radius 3 is 2.22 bits per heavy atom. The maximum absolute atomic E-state index is 11.9. The van der Waals surface area contributed by atoms with Gasteiger partial charge in [-0.3, -0.25) is 0 Å². The molecule has 0 aliphatic heterocycles. The molecule has 18 heavy (non-hydrogen) atoms. The van der Waals surface area contributed by atoms with Crippen molar-refractivity contribution < 1.29 is 16.8 Å². The van der Waals surface area contributed by atoms with Gasteiger partial charge in [0.15, 0.2) is 9.84 Å². The molecule has 0 bridgehead atoms. The number of thiophene rings is 1. The molecule has 0 spiro atoms. The second-order valence-corrected chi connectivity index (χ2v) is 9.84. The molecule has 0 fully saturated rings. The van der Waals surface area contributed by atoms with Crippen LogP contribution in [0.4, 0.5) is 0 Å². The van der Waals surface area contributed by atoms with E-state index in [1.165, 1.54) is 11.3 Å². The van der Waals surface area contributed by atoms with Crippen LogP contribution in [0.3, 0.4) is 0 Å². The van der Waals surface area contributed by atoms with Crippen molar-refractivity contribution in [1.82, 2.24) is 0 Å². The molecule has 104 valence electrons.